The second-order valence-corrected chi connectivity index (χ2v) is 16.6. The van der Waals surface area contributed by atoms with E-state index < -0.39 is 0 Å². The Hall–Kier alpha value is -8.21. The molecule has 0 saturated heterocycles. The van der Waals surface area contributed by atoms with Crippen LogP contribution in [0.15, 0.2) is 231 Å². The lowest BCUT2D eigenvalue weighted by Crippen LogP contribution is -2.62. The number of benzene rings is 9. The summed E-state index contributed by atoms with van der Waals surface area (Å²) < 4.78 is 0. The van der Waals surface area contributed by atoms with Gasteiger partial charge in [0.05, 0.1) is 17.1 Å². The Morgan fingerprint density at radius 1 is 0.286 bits per heavy atom. The van der Waals surface area contributed by atoms with Crippen LogP contribution in [0.1, 0.15) is 0 Å². The molecule has 0 aliphatic carbocycles. The molecule has 4 heteroatoms. The van der Waals surface area contributed by atoms with Gasteiger partial charge in [-0.05, 0) is 109 Å². The van der Waals surface area contributed by atoms with E-state index in [9.17, 15) is 0 Å². The highest BCUT2D eigenvalue weighted by atomic mass is 15.2. The van der Waals surface area contributed by atoms with Crippen molar-refractivity contribution in [3.05, 3.63) is 231 Å². The molecule has 0 fully saturated rings. The van der Waals surface area contributed by atoms with Crippen molar-refractivity contribution in [2.75, 3.05) is 9.80 Å². The Balaban J connectivity index is 1.19. The van der Waals surface area contributed by atoms with Gasteiger partial charge in [-0.1, -0.05) is 176 Å². The zero-order valence-electron chi connectivity index (χ0n) is 34.4. The number of hydrogen-bond donors (Lipinski definition) is 0. The maximum absolute atomic E-state index is 4.90. The fourth-order valence-electron chi connectivity index (χ4n) is 10.7. The maximum Gasteiger partial charge on any atom is 0.253 e. The molecule has 0 amide bonds. The predicted octanol–water partition coefficient (Wildman–Crippen LogP) is 13.5. The first kappa shape index (κ1) is 35.5. The minimum atomic E-state index is -0.112. The third-order valence-electron chi connectivity index (χ3n) is 13.3. The summed E-state index contributed by atoms with van der Waals surface area (Å²) in [4.78, 5) is 10.0. The fraction of sp³-hybridized carbons (Fsp3) is 0. The molecule has 9 aromatic carbocycles. The molecule has 292 valence electrons. The van der Waals surface area contributed by atoms with E-state index in [0.717, 1.165) is 16.9 Å². The summed E-state index contributed by atoms with van der Waals surface area (Å²) in [6.07, 6.45) is 1.89. The number of nitrogens with zero attached hydrogens (tertiary/aromatic N) is 3. The number of rotatable bonds is 5. The molecule has 13 rings (SSSR count). The van der Waals surface area contributed by atoms with Crippen LogP contribution in [0.3, 0.4) is 0 Å². The average Bonchev–Trinajstić information content (AvgIpc) is 3.49. The number of anilines is 6. The first-order valence-electron chi connectivity index (χ1n) is 21.8. The van der Waals surface area contributed by atoms with Gasteiger partial charge in [0.1, 0.15) is 0 Å². The van der Waals surface area contributed by atoms with Gasteiger partial charge in [-0.2, -0.15) is 0 Å². The van der Waals surface area contributed by atoms with Crippen LogP contribution in [0.4, 0.5) is 34.1 Å². The predicted molar refractivity (Wildman–Crippen MR) is 264 cm³/mol. The zero-order valence-corrected chi connectivity index (χ0v) is 34.4. The SMILES string of the molecule is c1ccc(-c2ccc3c(c2)-c2ccccc2N2c4cccc5c4B(c4c(-c6ccccc6)cccc4N5c4ccccc4-c4ccccn4)c4c(-c5ccccc5)ccc-3c42)cc1. The molecule has 0 atom stereocenters. The third-order valence-corrected chi connectivity index (χ3v) is 13.3. The van der Waals surface area contributed by atoms with Gasteiger partial charge < -0.3 is 9.80 Å². The lowest BCUT2D eigenvalue weighted by atomic mass is 9.31. The largest absolute Gasteiger partial charge is 0.311 e. The summed E-state index contributed by atoms with van der Waals surface area (Å²) >= 11 is 0. The first-order chi connectivity index (χ1) is 31.3. The van der Waals surface area contributed by atoms with Crippen molar-refractivity contribution in [2.45, 2.75) is 0 Å². The summed E-state index contributed by atoms with van der Waals surface area (Å²) in [5.41, 5.74) is 25.1. The lowest BCUT2D eigenvalue weighted by Gasteiger charge is -2.46. The summed E-state index contributed by atoms with van der Waals surface area (Å²) in [6.45, 7) is -0.112. The monoisotopic (exact) mass is 799 g/mol. The molecule has 0 spiro atoms. The average molecular weight is 800 g/mol. The van der Waals surface area contributed by atoms with Crippen LogP contribution in [0.5, 0.6) is 0 Å². The summed E-state index contributed by atoms with van der Waals surface area (Å²) in [5.74, 6) is 0. The van der Waals surface area contributed by atoms with Gasteiger partial charge in [-0.3, -0.25) is 4.98 Å². The molecule has 4 heterocycles. The molecule has 0 unspecified atom stereocenters. The van der Waals surface area contributed by atoms with Crippen LogP contribution in [0, 0.1) is 0 Å². The van der Waals surface area contributed by atoms with Crippen molar-refractivity contribution in [1.82, 2.24) is 4.98 Å². The maximum atomic E-state index is 4.90. The molecule has 63 heavy (non-hydrogen) atoms. The normalized spacial score (nSPS) is 12.7. The lowest BCUT2D eigenvalue weighted by molar-refractivity contribution is 1.25. The van der Waals surface area contributed by atoms with Gasteiger partial charge in [-0.25, -0.2) is 0 Å². The summed E-state index contributed by atoms with van der Waals surface area (Å²) in [5, 5.41) is 0. The van der Waals surface area contributed by atoms with Crippen molar-refractivity contribution in [3.8, 4) is 66.9 Å². The second-order valence-electron chi connectivity index (χ2n) is 16.6. The minimum Gasteiger partial charge on any atom is -0.311 e. The standard InChI is InChI=1S/C59H38BN3/c1-4-18-39(19-5-1)42-33-34-45-47-36-35-44(41-22-8-3-9-23-41)57-59(47)63(51-28-12-10-24-46(51)49(45)38-42)55-32-17-31-54-58(55)60(57)56-43(40-20-6-2-7-21-40)26-16-30-53(56)62(54)52-29-13-11-25-48(52)50-27-14-15-37-61-50/h1-38H. The highest BCUT2D eigenvalue weighted by Crippen LogP contribution is 2.55. The van der Waals surface area contributed by atoms with E-state index in [1.165, 1.54) is 100 Å². The Kier molecular flexibility index (Phi) is 8.01. The van der Waals surface area contributed by atoms with E-state index in [1.807, 2.05) is 12.3 Å². The Morgan fingerprint density at radius 2 is 0.794 bits per heavy atom. The molecular formula is C59H38BN3. The van der Waals surface area contributed by atoms with Crippen LogP contribution in [0.2, 0.25) is 0 Å². The number of fused-ring (bicyclic) bond motifs is 9. The van der Waals surface area contributed by atoms with Crippen molar-refractivity contribution >= 4 is 57.2 Å². The Morgan fingerprint density at radius 3 is 1.49 bits per heavy atom. The van der Waals surface area contributed by atoms with Gasteiger partial charge >= 0.3 is 0 Å². The number of para-hydroxylation sites is 2. The van der Waals surface area contributed by atoms with Crippen LogP contribution in [-0.2, 0) is 0 Å². The minimum absolute atomic E-state index is 0.112. The highest BCUT2D eigenvalue weighted by Gasteiger charge is 2.47. The molecule has 0 radical (unpaired) electrons. The number of pyridine rings is 1. The first-order valence-corrected chi connectivity index (χ1v) is 21.8. The number of aromatic nitrogens is 1. The summed E-state index contributed by atoms with van der Waals surface area (Å²) in [7, 11) is 0. The van der Waals surface area contributed by atoms with E-state index in [1.54, 1.807) is 0 Å². The molecule has 3 aliphatic heterocycles. The van der Waals surface area contributed by atoms with E-state index >= 15 is 0 Å². The van der Waals surface area contributed by atoms with Gasteiger partial charge in [0.2, 0.25) is 0 Å². The Bertz CT molecular complexity index is 3400. The smallest absolute Gasteiger partial charge is 0.253 e. The molecule has 1 aromatic heterocycles. The molecule has 10 aromatic rings. The molecule has 3 aliphatic rings. The van der Waals surface area contributed by atoms with Gasteiger partial charge in [0.15, 0.2) is 0 Å². The molecule has 0 bridgehead atoms. The molecule has 0 N–H and O–H groups in total. The van der Waals surface area contributed by atoms with Crippen LogP contribution >= 0.6 is 0 Å². The van der Waals surface area contributed by atoms with Crippen molar-refractivity contribution in [3.63, 3.8) is 0 Å². The van der Waals surface area contributed by atoms with Crippen LogP contribution in [-0.4, -0.2) is 11.7 Å². The second kappa shape index (κ2) is 14.2. The summed E-state index contributed by atoms with van der Waals surface area (Å²) in [6, 6.07) is 82.4. The molecule has 3 nitrogen and oxygen atoms in total. The van der Waals surface area contributed by atoms with E-state index in [2.05, 4.69) is 228 Å². The molecular weight excluding hydrogens is 761 g/mol. The number of hydrogen-bond acceptors (Lipinski definition) is 3. The van der Waals surface area contributed by atoms with Crippen molar-refractivity contribution in [1.29, 1.82) is 0 Å². The quantitative estimate of drug-likeness (QED) is 0.162. The van der Waals surface area contributed by atoms with Crippen LogP contribution < -0.4 is 26.2 Å². The Labute approximate surface area is 367 Å². The topological polar surface area (TPSA) is 19.4 Å². The fourth-order valence-corrected chi connectivity index (χ4v) is 10.7. The van der Waals surface area contributed by atoms with Crippen molar-refractivity contribution < 1.29 is 0 Å². The zero-order chi connectivity index (χ0) is 41.4. The van der Waals surface area contributed by atoms with Gasteiger partial charge in [0, 0.05) is 45.6 Å². The van der Waals surface area contributed by atoms with Crippen molar-refractivity contribution in [2.24, 2.45) is 0 Å². The van der Waals surface area contributed by atoms with Gasteiger partial charge in [0.25, 0.3) is 6.71 Å². The van der Waals surface area contributed by atoms with E-state index in [0.29, 0.717) is 0 Å². The van der Waals surface area contributed by atoms with E-state index in [-0.39, 0.29) is 6.71 Å². The highest BCUT2D eigenvalue weighted by molar-refractivity contribution is 7.02. The third kappa shape index (κ3) is 5.38. The van der Waals surface area contributed by atoms with E-state index in [4.69, 9.17) is 4.98 Å². The van der Waals surface area contributed by atoms with Gasteiger partial charge in [-0.15, -0.1) is 0 Å². The molecule has 0 saturated carbocycles. The van der Waals surface area contributed by atoms with Crippen LogP contribution in [0.25, 0.3) is 66.9 Å².